The lowest BCUT2D eigenvalue weighted by atomic mass is 10.0. The Bertz CT molecular complexity index is 818. The number of halogens is 1. The number of rotatable bonds is 1. The maximum absolute atomic E-state index is 11.8. The van der Waals surface area contributed by atoms with Crippen LogP contribution >= 0.6 is 15.9 Å². The number of fused-ring (bicyclic) bond motifs is 1. The van der Waals surface area contributed by atoms with Gasteiger partial charge < -0.3 is 4.98 Å². The van der Waals surface area contributed by atoms with Crippen LogP contribution in [0.2, 0.25) is 0 Å². The summed E-state index contributed by atoms with van der Waals surface area (Å²) in [6, 6.07) is 14.0. The van der Waals surface area contributed by atoms with E-state index in [0.29, 0.717) is 16.0 Å². The van der Waals surface area contributed by atoms with Crippen LogP contribution in [-0.2, 0) is 0 Å². The van der Waals surface area contributed by atoms with Crippen molar-refractivity contribution in [1.29, 1.82) is 0 Å². The van der Waals surface area contributed by atoms with E-state index in [-0.39, 0.29) is 5.56 Å². The highest BCUT2D eigenvalue weighted by atomic mass is 79.9. The third kappa shape index (κ3) is 2.08. The molecule has 0 aliphatic heterocycles. The molecule has 0 saturated carbocycles. The van der Waals surface area contributed by atoms with E-state index >= 15 is 0 Å². The summed E-state index contributed by atoms with van der Waals surface area (Å²) in [4.78, 5) is 19.1. The van der Waals surface area contributed by atoms with E-state index in [1.807, 2.05) is 49.4 Å². The lowest BCUT2D eigenvalue weighted by Crippen LogP contribution is -2.11. The molecular weight excluding hydrogens is 304 g/mol. The SMILES string of the molecule is Cc1nc(-c2cccc3ccccc23)[nH]c(=O)c1Br. The number of hydrogen-bond acceptors (Lipinski definition) is 2. The Morgan fingerprint density at radius 1 is 1.11 bits per heavy atom. The molecule has 0 fully saturated rings. The van der Waals surface area contributed by atoms with Crippen LogP contribution in [0.4, 0.5) is 0 Å². The summed E-state index contributed by atoms with van der Waals surface area (Å²) in [5.74, 6) is 0.600. The minimum atomic E-state index is -0.157. The molecule has 3 rings (SSSR count). The van der Waals surface area contributed by atoms with E-state index in [1.165, 1.54) is 0 Å². The van der Waals surface area contributed by atoms with Gasteiger partial charge in [-0.15, -0.1) is 0 Å². The Morgan fingerprint density at radius 2 is 1.84 bits per heavy atom. The molecule has 4 heteroatoms. The Hall–Kier alpha value is -1.94. The Balaban J connectivity index is 2.34. The van der Waals surface area contributed by atoms with Gasteiger partial charge in [0.2, 0.25) is 0 Å². The van der Waals surface area contributed by atoms with Crippen LogP contribution < -0.4 is 5.56 Å². The largest absolute Gasteiger partial charge is 0.306 e. The van der Waals surface area contributed by atoms with Gasteiger partial charge in [0.15, 0.2) is 0 Å². The second-order valence-corrected chi connectivity index (χ2v) is 5.13. The molecule has 0 spiro atoms. The van der Waals surface area contributed by atoms with Crippen molar-refractivity contribution in [2.75, 3.05) is 0 Å². The molecule has 0 aliphatic rings. The highest BCUT2D eigenvalue weighted by molar-refractivity contribution is 9.10. The smallest absolute Gasteiger partial charge is 0.265 e. The Morgan fingerprint density at radius 3 is 2.63 bits per heavy atom. The van der Waals surface area contributed by atoms with Gasteiger partial charge in [0, 0.05) is 5.56 Å². The van der Waals surface area contributed by atoms with Crippen molar-refractivity contribution in [3.8, 4) is 11.4 Å². The van der Waals surface area contributed by atoms with Crippen molar-refractivity contribution in [3.05, 3.63) is 63.0 Å². The minimum absolute atomic E-state index is 0.157. The molecule has 1 aromatic heterocycles. The lowest BCUT2D eigenvalue weighted by molar-refractivity contribution is 1.06. The first-order valence-electron chi connectivity index (χ1n) is 5.91. The summed E-state index contributed by atoms with van der Waals surface area (Å²) in [5, 5.41) is 2.21. The molecule has 1 N–H and O–H groups in total. The molecule has 19 heavy (non-hydrogen) atoms. The van der Waals surface area contributed by atoms with Crippen molar-refractivity contribution in [2.45, 2.75) is 6.92 Å². The van der Waals surface area contributed by atoms with Crippen LogP contribution in [0.3, 0.4) is 0 Å². The van der Waals surface area contributed by atoms with E-state index in [0.717, 1.165) is 16.3 Å². The predicted octanol–water partition coefficient (Wildman–Crippen LogP) is 3.66. The fourth-order valence-corrected chi connectivity index (χ4v) is 2.32. The van der Waals surface area contributed by atoms with Crippen LogP contribution in [0.5, 0.6) is 0 Å². The number of hydrogen-bond donors (Lipinski definition) is 1. The van der Waals surface area contributed by atoms with Gasteiger partial charge in [0.25, 0.3) is 5.56 Å². The van der Waals surface area contributed by atoms with Crippen LogP contribution in [0.25, 0.3) is 22.2 Å². The fraction of sp³-hybridized carbons (Fsp3) is 0.0667. The van der Waals surface area contributed by atoms with E-state index in [1.54, 1.807) is 0 Å². The zero-order valence-electron chi connectivity index (χ0n) is 10.3. The quantitative estimate of drug-likeness (QED) is 0.745. The molecule has 1 heterocycles. The molecule has 0 amide bonds. The van der Waals surface area contributed by atoms with Gasteiger partial charge in [0.1, 0.15) is 10.3 Å². The van der Waals surface area contributed by atoms with Crippen molar-refractivity contribution in [3.63, 3.8) is 0 Å². The zero-order chi connectivity index (χ0) is 13.4. The van der Waals surface area contributed by atoms with Gasteiger partial charge in [-0.1, -0.05) is 42.5 Å². The summed E-state index contributed by atoms with van der Waals surface area (Å²) in [6.45, 7) is 1.81. The van der Waals surface area contributed by atoms with Gasteiger partial charge in [0.05, 0.1) is 5.69 Å². The highest BCUT2D eigenvalue weighted by Gasteiger charge is 2.09. The average molecular weight is 315 g/mol. The maximum Gasteiger partial charge on any atom is 0.265 e. The Labute approximate surface area is 118 Å². The number of aromatic nitrogens is 2. The van der Waals surface area contributed by atoms with Crippen LogP contribution in [0, 0.1) is 6.92 Å². The topological polar surface area (TPSA) is 45.8 Å². The number of nitrogens with zero attached hydrogens (tertiary/aromatic N) is 1. The molecule has 3 aromatic rings. The van der Waals surface area contributed by atoms with Gasteiger partial charge in [-0.05, 0) is 33.6 Å². The Kier molecular flexibility index (Phi) is 2.95. The minimum Gasteiger partial charge on any atom is -0.306 e. The monoisotopic (exact) mass is 314 g/mol. The van der Waals surface area contributed by atoms with Crippen molar-refractivity contribution in [2.24, 2.45) is 0 Å². The molecule has 94 valence electrons. The third-order valence-electron chi connectivity index (χ3n) is 3.07. The fourth-order valence-electron chi connectivity index (χ4n) is 2.13. The molecule has 3 nitrogen and oxygen atoms in total. The number of aromatic amines is 1. The third-order valence-corrected chi connectivity index (χ3v) is 4.01. The van der Waals surface area contributed by atoms with Gasteiger partial charge in [-0.2, -0.15) is 0 Å². The summed E-state index contributed by atoms with van der Waals surface area (Å²) in [5.41, 5.74) is 1.47. The van der Waals surface area contributed by atoms with Crippen LogP contribution in [0.1, 0.15) is 5.69 Å². The average Bonchev–Trinajstić information content (AvgIpc) is 2.43. The molecule has 0 aliphatic carbocycles. The van der Waals surface area contributed by atoms with E-state index in [9.17, 15) is 4.79 Å². The van der Waals surface area contributed by atoms with Gasteiger partial charge in [-0.3, -0.25) is 4.79 Å². The number of aryl methyl sites for hydroxylation is 1. The van der Waals surface area contributed by atoms with E-state index in [2.05, 4.69) is 25.9 Å². The van der Waals surface area contributed by atoms with Crippen LogP contribution in [-0.4, -0.2) is 9.97 Å². The number of nitrogens with one attached hydrogen (secondary N) is 1. The molecular formula is C15H11BrN2O. The molecule has 0 atom stereocenters. The predicted molar refractivity (Wildman–Crippen MR) is 80.2 cm³/mol. The lowest BCUT2D eigenvalue weighted by Gasteiger charge is -2.07. The van der Waals surface area contributed by atoms with Gasteiger partial charge >= 0.3 is 0 Å². The van der Waals surface area contributed by atoms with E-state index in [4.69, 9.17) is 0 Å². The summed E-state index contributed by atoms with van der Waals surface area (Å²) < 4.78 is 0.483. The normalized spacial score (nSPS) is 10.8. The van der Waals surface area contributed by atoms with Crippen molar-refractivity contribution < 1.29 is 0 Å². The zero-order valence-corrected chi connectivity index (χ0v) is 11.9. The molecule has 0 saturated heterocycles. The number of H-pyrrole nitrogens is 1. The maximum atomic E-state index is 11.8. The molecule has 2 aromatic carbocycles. The molecule has 0 radical (unpaired) electrons. The van der Waals surface area contributed by atoms with Crippen LogP contribution in [0.15, 0.2) is 51.7 Å². The standard InChI is InChI=1S/C15H11BrN2O/c1-9-13(16)15(19)18-14(17-9)12-8-4-6-10-5-2-3-7-11(10)12/h2-8H,1H3,(H,17,18,19). The summed E-state index contributed by atoms with van der Waals surface area (Å²) in [7, 11) is 0. The first kappa shape index (κ1) is 12.1. The van der Waals surface area contributed by atoms with E-state index < -0.39 is 0 Å². The number of benzene rings is 2. The molecule has 0 unspecified atom stereocenters. The molecule has 0 bridgehead atoms. The highest BCUT2D eigenvalue weighted by Crippen LogP contribution is 2.26. The first-order chi connectivity index (χ1) is 9.16. The summed E-state index contributed by atoms with van der Waals surface area (Å²) >= 11 is 3.23. The summed E-state index contributed by atoms with van der Waals surface area (Å²) in [6.07, 6.45) is 0. The second kappa shape index (κ2) is 4.63. The first-order valence-corrected chi connectivity index (χ1v) is 6.70. The van der Waals surface area contributed by atoms with Crippen molar-refractivity contribution >= 4 is 26.7 Å². The van der Waals surface area contributed by atoms with Gasteiger partial charge in [-0.25, -0.2) is 4.98 Å². The second-order valence-electron chi connectivity index (χ2n) is 4.34. The van der Waals surface area contributed by atoms with Crippen molar-refractivity contribution in [1.82, 2.24) is 9.97 Å².